The van der Waals surface area contributed by atoms with Crippen molar-refractivity contribution in [3.63, 3.8) is 0 Å². The molecule has 4 nitrogen and oxygen atoms in total. The topological polar surface area (TPSA) is 61.5 Å². The number of thiocarbonyl (C=S) groups is 1. The number of hydrogen-bond donors (Lipinski definition) is 1. The highest BCUT2D eigenvalue weighted by Crippen LogP contribution is 2.26. The van der Waals surface area contributed by atoms with Gasteiger partial charge in [-0.2, -0.15) is 0 Å². The van der Waals surface area contributed by atoms with Crippen molar-refractivity contribution < 1.29 is 14.3 Å². The molecule has 0 bridgehead atoms. The van der Waals surface area contributed by atoms with E-state index in [0.29, 0.717) is 17.5 Å². The van der Waals surface area contributed by atoms with Gasteiger partial charge in [-0.3, -0.25) is 0 Å². The van der Waals surface area contributed by atoms with E-state index in [-0.39, 0.29) is 6.10 Å². The fourth-order valence-corrected chi connectivity index (χ4v) is 1.99. The molecule has 0 aromatic carbocycles. The van der Waals surface area contributed by atoms with Crippen LogP contribution in [0.4, 0.5) is 4.79 Å². The van der Waals surface area contributed by atoms with Gasteiger partial charge in [0.15, 0.2) is 0 Å². The molecular formula is C10H17NO3S. The highest BCUT2D eigenvalue weighted by molar-refractivity contribution is 7.80. The largest absolute Gasteiger partial charge is 0.508 e. The molecule has 2 N–H and O–H groups in total. The second-order valence-electron chi connectivity index (χ2n) is 3.68. The van der Waals surface area contributed by atoms with Crippen molar-refractivity contribution in [2.24, 2.45) is 11.7 Å². The van der Waals surface area contributed by atoms with E-state index in [9.17, 15) is 4.79 Å². The van der Waals surface area contributed by atoms with Gasteiger partial charge in [-0.05, 0) is 32.6 Å². The minimum Gasteiger partial charge on any atom is -0.435 e. The highest BCUT2D eigenvalue weighted by Gasteiger charge is 2.25. The number of hydrogen-bond acceptors (Lipinski definition) is 4. The molecule has 0 spiro atoms. The molecule has 0 amide bonds. The third kappa shape index (κ3) is 4.03. The standard InChI is InChI=1S/C10H17NO3S/c1-2-13-10(12)14-8-5-3-7(4-6-8)9(11)15/h7-8H,2-6H2,1H3,(H2,11,15). The van der Waals surface area contributed by atoms with Crippen LogP contribution in [0, 0.1) is 5.92 Å². The van der Waals surface area contributed by atoms with Gasteiger partial charge in [-0.1, -0.05) is 12.2 Å². The van der Waals surface area contributed by atoms with Crippen LogP contribution in [0.1, 0.15) is 32.6 Å². The Hall–Kier alpha value is -0.840. The maximum atomic E-state index is 11.0. The summed E-state index contributed by atoms with van der Waals surface area (Å²) in [6, 6.07) is 0. The first-order valence-corrected chi connectivity index (χ1v) is 5.67. The van der Waals surface area contributed by atoms with E-state index >= 15 is 0 Å². The van der Waals surface area contributed by atoms with E-state index in [0.717, 1.165) is 25.7 Å². The van der Waals surface area contributed by atoms with E-state index in [4.69, 9.17) is 27.4 Å². The smallest absolute Gasteiger partial charge is 0.435 e. The van der Waals surface area contributed by atoms with Crippen LogP contribution in [-0.2, 0) is 9.47 Å². The first-order chi connectivity index (χ1) is 7.13. The summed E-state index contributed by atoms with van der Waals surface area (Å²) in [4.78, 5) is 11.6. The molecule has 5 heteroatoms. The van der Waals surface area contributed by atoms with Crippen molar-refractivity contribution in [1.29, 1.82) is 0 Å². The molecule has 1 aliphatic rings. The lowest BCUT2D eigenvalue weighted by Crippen LogP contribution is -2.30. The predicted molar refractivity (Wildman–Crippen MR) is 60.6 cm³/mol. The van der Waals surface area contributed by atoms with Crippen molar-refractivity contribution >= 4 is 23.4 Å². The lowest BCUT2D eigenvalue weighted by atomic mass is 9.87. The molecule has 0 aromatic heterocycles. The van der Waals surface area contributed by atoms with Crippen LogP contribution >= 0.6 is 12.2 Å². The Morgan fingerprint density at radius 3 is 2.47 bits per heavy atom. The molecule has 1 fully saturated rings. The van der Waals surface area contributed by atoms with Gasteiger partial charge in [0, 0.05) is 5.92 Å². The summed E-state index contributed by atoms with van der Waals surface area (Å²) in [5.74, 6) is 0.307. The zero-order valence-corrected chi connectivity index (χ0v) is 9.72. The van der Waals surface area contributed by atoms with Gasteiger partial charge in [0.05, 0.1) is 11.6 Å². The first-order valence-electron chi connectivity index (χ1n) is 5.26. The maximum Gasteiger partial charge on any atom is 0.508 e. The van der Waals surface area contributed by atoms with Crippen LogP contribution in [0.2, 0.25) is 0 Å². The first kappa shape index (κ1) is 12.2. The molecule has 0 heterocycles. The Bertz CT molecular complexity index is 237. The van der Waals surface area contributed by atoms with Crippen molar-refractivity contribution in [3.8, 4) is 0 Å². The quantitative estimate of drug-likeness (QED) is 0.594. The average molecular weight is 231 g/mol. The molecule has 1 rings (SSSR count). The van der Waals surface area contributed by atoms with Crippen LogP contribution in [0.15, 0.2) is 0 Å². The zero-order chi connectivity index (χ0) is 11.3. The van der Waals surface area contributed by atoms with Crippen LogP contribution in [0.5, 0.6) is 0 Å². The van der Waals surface area contributed by atoms with Crippen molar-refractivity contribution in [1.82, 2.24) is 0 Å². The lowest BCUT2D eigenvalue weighted by molar-refractivity contribution is 0.0113. The van der Waals surface area contributed by atoms with E-state index < -0.39 is 6.16 Å². The summed E-state index contributed by atoms with van der Waals surface area (Å²) in [6.07, 6.45) is 2.84. The van der Waals surface area contributed by atoms with Crippen LogP contribution < -0.4 is 5.73 Å². The number of nitrogens with two attached hydrogens (primary N) is 1. The summed E-state index contributed by atoms with van der Waals surface area (Å²) in [5.41, 5.74) is 5.56. The minimum atomic E-state index is -0.573. The van der Waals surface area contributed by atoms with E-state index in [2.05, 4.69) is 0 Å². The summed E-state index contributed by atoms with van der Waals surface area (Å²) >= 11 is 4.93. The van der Waals surface area contributed by atoms with Crippen LogP contribution in [-0.4, -0.2) is 23.9 Å². The number of ether oxygens (including phenoxy) is 2. The SMILES string of the molecule is CCOC(=O)OC1CCC(C(N)=S)CC1. The van der Waals surface area contributed by atoms with E-state index in [1.807, 2.05) is 0 Å². The maximum absolute atomic E-state index is 11.0. The molecule has 15 heavy (non-hydrogen) atoms. The van der Waals surface area contributed by atoms with Crippen molar-refractivity contribution in [3.05, 3.63) is 0 Å². The normalized spacial score (nSPS) is 25.7. The molecule has 0 saturated heterocycles. The fourth-order valence-electron chi connectivity index (χ4n) is 1.75. The van der Waals surface area contributed by atoms with Gasteiger partial charge in [0.1, 0.15) is 6.10 Å². The van der Waals surface area contributed by atoms with Crippen molar-refractivity contribution in [2.45, 2.75) is 38.7 Å². The fraction of sp³-hybridized carbons (Fsp3) is 0.800. The van der Waals surface area contributed by atoms with Gasteiger partial charge in [0.2, 0.25) is 0 Å². The van der Waals surface area contributed by atoms with Crippen molar-refractivity contribution in [2.75, 3.05) is 6.61 Å². The number of carbonyl (C=O) groups is 1. The summed E-state index contributed by atoms with van der Waals surface area (Å²) in [5, 5.41) is 0. The average Bonchev–Trinajstić information content (AvgIpc) is 2.18. The Labute approximate surface area is 95.1 Å². The molecule has 1 aliphatic carbocycles. The second-order valence-corrected chi connectivity index (χ2v) is 4.15. The van der Waals surface area contributed by atoms with Gasteiger partial charge in [-0.15, -0.1) is 0 Å². The van der Waals surface area contributed by atoms with E-state index in [1.165, 1.54) is 0 Å². The monoisotopic (exact) mass is 231 g/mol. The lowest BCUT2D eigenvalue weighted by Gasteiger charge is -2.27. The second kappa shape index (κ2) is 5.90. The molecule has 0 aromatic rings. The third-order valence-electron chi connectivity index (χ3n) is 2.60. The summed E-state index contributed by atoms with van der Waals surface area (Å²) in [6.45, 7) is 2.10. The molecule has 1 saturated carbocycles. The van der Waals surface area contributed by atoms with Gasteiger partial charge >= 0.3 is 6.16 Å². The molecule has 0 unspecified atom stereocenters. The molecule has 86 valence electrons. The van der Waals surface area contributed by atoms with Crippen LogP contribution in [0.25, 0.3) is 0 Å². The molecule has 0 atom stereocenters. The van der Waals surface area contributed by atoms with Gasteiger partial charge in [-0.25, -0.2) is 4.79 Å². The third-order valence-corrected chi connectivity index (χ3v) is 2.93. The Kier molecular flexibility index (Phi) is 4.81. The van der Waals surface area contributed by atoms with Gasteiger partial charge in [0.25, 0.3) is 0 Å². The summed E-state index contributed by atoms with van der Waals surface area (Å²) in [7, 11) is 0. The number of carbonyl (C=O) groups excluding carboxylic acids is 1. The van der Waals surface area contributed by atoms with E-state index in [1.54, 1.807) is 6.92 Å². The Morgan fingerprint density at radius 1 is 1.40 bits per heavy atom. The predicted octanol–water partition coefficient (Wildman–Crippen LogP) is 2.00. The van der Waals surface area contributed by atoms with Gasteiger partial charge < -0.3 is 15.2 Å². The molecule has 0 radical (unpaired) electrons. The Morgan fingerprint density at radius 2 is 2.00 bits per heavy atom. The van der Waals surface area contributed by atoms with Crippen LogP contribution in [0.3, 0.4) is 0 Å². The Balaban J connectivity index is 2.25. The number of rotatable bonds is 3. The highest BCUT2D eigenvalue weighted by atomic mass is 32.1. The summed E-state index contributed by atoms with van der Waals surface area (Å²) < 4.78 is 9.82. The zero-order valence-electron chi connectivity index (χ0n) is 8.90. The molecule has 0 aliphatic heterocycles. The minimum absolute atomic E-state index is 0.0327. The molecular weight excluding hydrogens is 214 g/mol.